The topological polar surface area (TPSA) is 52.7 Å². The van der Waals surface area contributed by atoms with Crippen molar-refractivity contribution in [1.29, 1.82) is 0 Å². The van der Waals surface area contributed by atoms with Crippen molar-refractivity contribution in [2.75, 3.05) is 26.2 Å². The van der Waals surface area contributed by atoms with E-state index in [1.807, 2.05) is 4.90 Å². The van der Waals surface area contributed by atoms with E-state index in [0.717, 1.165) is 51.6 Å². The van der Waals surface area contributed by atoms with E-state index in [1.165, 1.54) is 0 Å². The summed E-state index contributed by atoms with van der Waals surface area (Å²) in [6.07, 6.45) is 11.4. The molecule has 5 heteroatoms. The zero-order chi connectivity index (χ0) is 15.5. The van der Waals surface area contributed by atoms with Crippen LogP contribution in [0.3, 0.4) is 0 Å². The highest BCUT2D eigenvalue weighted by Crippen LogP contribution is 2.29. The Balaban J connectivity index is 1.63. The number of nitrogens with zero attached hydrogens (tertiary/aromatic N) is 2. The van der Waals surface area contributed by atoms with Crippen LogP contribution in [-0.2, 0) is 9.59 Å². The highest BCUT2D eigenvalue weighted by molar-refractivity contribution is 5.87. The van der Waals surface area contributed by atoms with Gasteiger partial charge in [-0.1, -0.05) is 18.8 Å². The van der Waals surface area contributed by atoms with Gasteiger partial charge in [-0.2, -0.15) is 0 Å². The number of fused-ring (bicyclic) bond motifs is 1. The smallest absolute Gasteiger partial charge is 0.239 e. The number of amides is 2. The van der Waals surface area contributed by atoms with Gasteiger partial charge < -0.3 is 10.2 Å². The molecule has 1 N–H and O–H groups in total. The fourth-order valence-electron chi connectivity index (χ4n) is 4.12. The Morgan fingerprint density at radius 3 is 2.68 bits per heavy atom. The Labute approximate surface area is 132 Å². The summed E-state index contributed by atoms with van der Waals surface area (Å²) in [4.78, 5) is 28.9. The second-order valence-electron chi connectivity index (χ2n) is 6.75. The molecule has 0 unspecified atom stereocenters. The number of carbonyl (C=O) groups excluding carboxylic acids is 2. The van der Waals surface area contributed by atoms with Gasteiger partial charge in [0.05, 0.1) is 19.1 Å². The molecule has 5 nitrogen and oxygen atoms in total. The van der Waals surface area contributed by atoms with E-state index in [4.69, 9.17) is 6.42 Å². The fourth-order valence-corrected chi connectivity index (χ4v) is 4.12. The number of piperidine rings is 1. The van der Waals surface area contributed by atoms with Crippen molar-refractivity contribution < 1.29 is 9.59 Å². The quantitative estimate of drug-likeness (QED) is 0.760. The largest absolute Gasteiger partial charge is 0.350 e. The van der Waals surface area contributed by atoms with E-state index in [1.54, 1.807) is 0 Å². The Morgan fingerprint density at radius 1 is 1.23 bits per heavy atom. The van der Waals surface area contributed by atoms with E-state index < -0.39 is 0 Å². The lowest BCUT2D eigenvalue weighted by Crippen LogP contribution is -2.64. The zero-order valence-electron chi connectivity index (χ0n) is 13.1. The molecule has 120 valence electrons. The van der Waals surface area contributed by atoms with Crippen molar-refractivity contribution in [3.8, 4) is 12.3 Å². The van der Waals surface area contributed by atoms with Gasteiger partial charge in [-0.3, -0.25) is 14.5 Å². The lowest BCUT2D eigenvalue weighted by molar-refractivity contribution is -0.148. The molecular weight excluding hydrogens is 278 g/mol. The molecule has 0 aromatic carbocycles. The summed E-state index contributed by atoms with van der Waals surface area (Å²) in [6, 6.07) is 0.378. The Morgan fingerprint density at radius 2 is 1.95 bits per heavy atom. The zero-order valence-corrected chi connectivity index (χ0v) is 13.1. The number of hydrogen-bond acceptors (Lipinski definition) is 3. The summed E-state index contributed by atoms with van der Waals surface area (Å²) in [5.74, 6) is 2.91. The Bertz CT molecular complexity index is 477. The first kappa shape index (κ1) is 15.4. The third-order valence-corrected chi connectivity index (χ3v) is 5.32. The number of carbonyl (C=O) groups is 2. The molecule has 3 fully saturated rings. The Hall–Kier alpha value is -1.54. The van der Waals surface area contributed by atoms with Gasteiger partial charge in [0.15, 0.2) is 0 Å². The maximum atomic E-state index is 12.9. The van der Waals surface area contributed by atoms with Gasteiger partial charge in [0.25, 0.3) is 0 Å². The van der Waals surface area contributed by atoms with Crippen LogP contribution >= 0.6 is 0 Å². The lowest BCUT2D eigenvalue weighted by atomic mass is 9.85. The van der Waals surface area contributed by atoms with E-state index in [-0.39, 0.29) is 36.4 Å². The minimum Gasteiger partial charge on any atom is -0.350 e. The number of nitrogens with one attached hydrogen (secondary N) is 1. The van der Waals surface area contributed by atoms with Crippen LogP contribution in [0.2, 0.25) is 0 Å². The summed E-state index contributed by atoms with van der Waals surface area (Å²) in [5, 5.41) is 3.07. The van der Waals surface area contributed by atoms with E-state index >= 15 is 0 Å². The molecule has 2 atom stereocenters. The van der Waals surface area contributed by atoms with Gasteiger partial charge in [0.1, 0.15) is 0 Å². The summed E-state index contributed by atoms with van der Waals surface area (Å²) in [5.41, 5.74) is 0. The van der Waals surface area contributed by atoms with Gasteiger partial charge in [0.2, 0.25) is 11.8 Å². The van der Waals surface area contributed by atoms with Crippen molar-refractivity contribution in [2.24, 2.45) is 5.92 Å². The van der Waals surface area contributed by atoms with Crippen molar-refractivity contribution in [1.82, 2.24) is 15.1 Å². The summed E-state index contributed by atoms with van der Waals surface area (Å²) in [6.45, 7) is 2.67. The minimum atomic E-state index is 0.00117. The summed E-state index contributed by atoms with van der Waals surface area (Å²) in [7, 11) is 0. The average Bonchev–Trinajstić information content (AvgIpc) is 2.54. The van der Waals surface area contributed by atoms with E-state index in [2.05, 4.69) is 16.1 Å². The molecule has 2 aliphatic heterocycles. The van der Waals surface area contributed by atoms with Crippen molar-refractivity contribution >= 4 is 11.8 Å². The Kier molecular flexibility index (Phi) is 4.68. The first-order chi connectivity index (χ1) is 10.7. The van der Waals surface area contributed by atoms with Crippen molar-refractivity contribution in [2.45, 2.75) is 50.6 Å². The van der Waals surface area contributed by atoms with Crippen LogP contribution in [0, 0.1) is 18.3 Å². The van der Waals surface area contributed by atoms with Crippen LogP contribution in [0.1, 0.15) is 38.5 Å². The molecule has 0 aromatic rings. The number of terminal acetylenes is 1. The molecule has 3 rings (SSSR count). The fraction of sp³-hybridized carbons (Fsp3) is 0.765. The molecule has 2 saturated heterocycles. The average molecular weight is 303 g/mol. The van der Waals surface area contributed by atoms with Crippen LogP contribution < -0.4 is 5.32 Å². The molecular formula is C17H25N3O2. The van der Waals surface area contributed by atoms with Gasteiger partial charge in [-0.25, -0.2) is 0 Å². The number of rotatable bonds is 2. The highest BCUT2D eigenvalue weighted by Gasteiger charge is 2.41. The predicted octanol–water partition coefficient (Wildman–Crippen LogP) is 0.601. The lowest BCUT2D eigenvalue weighted by Gasteiger charge is -2.45. The van der Waals surface area contributed by atoms with Crippen LogP contribution in [-0.4, -0.2) is 59.9 Å². The summed E-state index contributed by atoms with van der Waals surface area (Å²) < 4.78 is 0. The van der Waals surface area contributed by atoms with Crippen LogP contribution in [0.25, 0.3) is 0 Å². The third-order valence-electron chi connectivity index (χ3n) is 5.32. The molecule has 1 saturated carbocycles. The number of piperazine rings is 1. The van der Waals surface area contributed by atoms with Crippen LogP contribution in [0.5, 0.6) is 0 Å². The monoisotopic (exact) mass is 303 g/mol. The van der Waals surface area contributed by atoms with Gasteiger partial charge in [-0.05, 0) is 38.8 Å². The first-order valence-electron chi connectivity index (χ1n) is 8.44. The van der Waals surface area contributed by atoms with E-state index in [0.29, 0.717) is 6.54 Å². The molecule has 0 bridgehead atoms. The maximum Gasteiger partial charge on any atom is 0.239 e. The van der Waals surface area contributed by atoms with Crippen LogP contribution in [0.15, 0.2) is 0 Å². The standard InChI is InChI=1S/C17H25N3O2/c1-2-9-19-10-7-13(8-11-19)17(22)20-12-16(21)18-14-5-3-4-6-15(14)20/h1,13-15H,3-12H2,(H,18,21)/t14-,15-/m0/s1. The second-order valence-corrected chi connectivity index (χ2v) is 6.75. The molecule has 2 amide bonds. The normalized spacial score (nSPS) is 30.3. The molecule has 0 radical (unpaired) electrons. The van der Waals surface area contributed by atoms with E-state index in [9.17, 15) is 9.59 Å². The summed E-state index contributed by atoms with van der Waals surface area (Å²) >= 11 is 0. The molecule has 1 aliphatic carbocycles. The maximum absolute atomic E-state index is 12.9. The molecule has 2 heterocycles. The molecule has 0 aromatic heterocycles. The van der Waals surface area contributed by atoms with Crippen molar-refractivity contribution in [3.63, 3.8) is 0 Å². The highest BCUT2D eigenvalue weighted by atomic mass is 16.2. The third kappa shape index (κ3) is 3.12. The van der Waals surface area contributed by atoms with Crippen molar-refractivity contribution in [3.05, 3.63) is 0 Å². The SMILES string of the molecule is C#CCN1CCC(C(=O)N2CC(=O)N[C@H]3CCCC[C@@H]32)CC1. The van der Waals surface area contributed by atoms with Gasteiger partial charge in [0, 0.05) is 12.0 Å². The molecule has 0 spiro atoms. The minimum absolute atomic E-state index is 0.00117. The predicted molar refractivity (Wildman–Crippen MR) is 83.9 cm³/mol. The molecule has 3 aliphatic rings. The first-order valence-corrected chi connectivity index (χ1v) is 8.44. The van der Waals surface area contributed by atoms with Crippen LogP contribution in [0.4, 0.5) is 0 Å². The second kappa shape index (κ2) is 6.70. The molecule has 22 heavy (non-hydrogen) atoms. The van der Waals surface area contributed by atoms with Gasteiger partial charge in [-0.15, -0.1) is 6.42 Å². The number of hydrogen-bond donors (Lipinski definition) is 1. The number of likely N-dealkylation sites (tertiary alicyclic amines) is 1. The van der Waals surface area contributed by atoms with Gasteiger partial charge >= 0.3 is 0 Å².